The van der Waals surface area contributed by atoms with Crippen LogP contribution >= 0.6 is 15.9 Å². The number of hydrogen-bond acceptors (Lipinski definition) is 4. The number of aliphatic hydroxyl groups is 2. The normalized spacial score (nSPS) is 36.7. The Morgan fingerprint density at radius 1 is 1.23 bits per heavy atom. The molecule has 0 aromatic carbocycles. The Balaban J connectivity index is 0.000000225. The quantitative estimate of drug-likeness (QED) is 0.432. The van der Waals surface area contributed by atoms with Crippen LogP contribution in [0.1, 0.15) is 66.2 Å². The van der Waals surface area contributed by atoms with Crippen molar-refractivity contribution in [2.75, 3.05) is 5.33 Å². The predicted molar refractivity (Wildman–Crippen MR) is 89.5 cm³/mol. The number of halogens is 1. The smallest absolute Gasteiger partial charge is 0.0986 e. The topological polar surface area (TPSA) is 86.6 Å². The first-order chi connectivity index (χ1) is 9.99. The van der Waals surface area contributed by atoms with E-state index >= 15 is 0 Å². The molecule has 3 saturated carbocycles. The fourth-order valence-corrected chi connectivity index (χ4v) is 4.21. The summed E-state index contributed by atoms with van der Waals surface area (Å²) >= 11 is 3.28. The lowest BCUT2D eigenvalue weighted by atomic mass is 9.41. The van der Waals surface area contributed by atoms with E-state index in [4.69, 9.17) is 0 Å². The van der Waals surface area contributed by atoms with Gasteiger partial charge in [-0.2, -0.15) is 0 Å². The summed E-state index contributed by atoms with van der Waals surface area (Å²) in [6.45, 7) is 7.62. The van der Waals surface area contributed by atoms with E-state index in [-0.39, 0.29) is 11.2 Å². The van der Waals surface area contributed by atoms with Crippen molar-refractivity contribution >= 4 is 23.0 Å². The van der Waals surface area contributed by atoms with Crippen LogP contribution in [0, 0.1) is 11.3 Å². The van der Waals surface area contributed by atoms with Gasteiger partial charge in [-0.25, -0.2) is 0 Å². The molecule has 0 amide bonds. The van der Waals surface area contributed by atoms with E-state index in [1.807, 2.05) is 0 Å². The molecule has 3 rings (SSSR count). The molecule has 0 saturated heterocycles. The molecule has 4 atom stereocenters. The molecule has 3 fully saturated rings. The monoisotopic (exact) mass is 376 g/mol. The second kappa shape index (κ2) is 7.52. The second-order valence-corrected chi connectivity index (χ2v) is 8.62. The average molecular weight is 377 g/mol. The number of alkyl halides is 1. The Morgan fingerprint density at radius 3 is 2.18 bits per heavy atom. The summed E-state index contributed by atoms with van der Waals surface area (Å²) in [5.74, 6) is 0.404. The van der Waals surface area contributed by atoms with Gasteiger partial charge in [-0.1, -0.05) is 49.5 Å². The van der Waals surface area contributed by atoms with E-state index in [1.54, 1.807) is 13.8 Å². The van der Waals surface area contributed by atoms with Gasteiger partial charge in [0, 0.05) is 5.33 Å². The van der Waals surface area contributed by atoms with Gasteiger partial charge in [-0.3, -0.25) is 0 Å². The molecule has 2 N–H and O–H groups in total. The van der Waals surface area contributed by atoms with Crippen LogP contribution in [0.3, 0.4) is 0 Å². The van der Waals surface area contributed by atoms with Crippen LogP contribution in [-0.4, -0.2) is 33.9 Å². The Hall–Kier alpha value is 0.385. The van der Waals surface area contributed by atoms with Crippen molar-refractivity contribution in [2.24, 2.45) is 11.3 Å². The van der Waals surface area contributed by atoms with Crippen molar-refractivity contribution in [3.8, 4) is 0 Å². The number of fused-ring (bicyclic) bond motifs is 2. The summed E-state index contributed by atoms with van der Waals surface area (Å²) in [7, 11) is -1.64. The Bertz CT molecular complexity index is 352. The molecule has 0 aliphatic heterocycles. The number of hydrogen-bond donors (Lipinski definition) is 2. The largest absolute Gasteiger partial charge is 0.893 e. The van der Waals surface area contributed by atoms with Crippen molar-refractivity contribution in [3.05, 3.63) is 0 Å². The molecule has 0 radical (unpaired) electrons. The third-order valence-corrected chi connectivity index (χ3v) is 6.57. The Kier molecular flexibility index (Phi) is 6.98. The molecular formula is C16H30BBrO4-2. The van der Waals surface area contributed by atoms with Crippen molar-refractivity contribution < 1.29 is 20.3 Å². The first-order valence-electron chi connectivity index (χ1n) is 8.32. The number of unbranched alkanes of at least 4 members (excludes halogenated alkanes) is 1. The third-order valence-electron chi connectivity index (χ3n) is 6.01. The molecule has 0 aromatic heterocycles. The maximum Gasteiger partial charge on any atom is 0.0986 e. The van der Waals surface area contributed by atoms with Gasteiger partial charge >= 0.3 is 0 Å². The van der Waals surface area contributed by atoms with Crippen LogP contribution in [0.15, 0.2) is 0 Å². The minimum atomic E-state index is -1.64. The summed E-state index contributed by atoms with van der Waals surface area (Å²) in [5.41, 5.74) is -1.79. The van der Waals surface area contributed by atoms with Crippen LogP contribution in [0.5, 0.6) is 0 Å². The summed E-state index contributed by atoms with van der Waals surface area (Å²) < 4.78 is 0. The molecule has 0 heterocycles. The average Bonchev–Trinajstić information content (AvgIpc) is 2.42. The fourth-order valence-electron chi connectivity index (χ4n) is 3.82. The van der Waals surface area contributed by atoms with Gasteiger partial charge in [-0.05, 0) is 43.9 Å². The van der Waals surface area contributed by atoms with Gasteiger partial charge in [0.15, 0.2) is 0 Å². The van der Waals surface area contributed by atoms with E-state index in [2.05, 4.69) is 29.8 Å². The highest BCUT2D eigenvalue weighted by molar-refractivity contribution is 9.09. The van der Waals surface area contributed by atoms with Crippen LogP contribution < -0.4 is 10.0 Å². The molecule has 3 unspecified atom stereocenters. The van der Waals surface area contributed by atoms with Crippen molar-refractivity contribution in [1.29, 1.82) is 0 Å². The number of rotatable bonds is 5. The fraction of sp³-hybridized carbons (Fsp3) is 1.00. The molecule has 22 heavy (non-hydrogen) atoms. The van der Waals surface area contributed by atoms with Gasteiger partial charge in [0.05, 0.1) is 11.2 Å². The molecule has 4 nitrogen and oxygen atoms in total. The zero-order valence-electron chi connectivity index (χ0n) is 14.3. The minimum Gasteiger partial charge on any atom is -0.893 e. The lowest BCUT2D eigenvalue weighted by molar-refractivity contribution is -0.352. The lowest BCUT2D eigenvalue weighted by Gasteiger charge is -2.68. The second-order valence-electron chi connectivity index (χ2n) is 7.83. The van der Waals surface area contributed by atoms with Crippen molar-refractivity contribution in [2.45, 2.75) is 83.2 Å². The summed E-state index contributed by atoms with van der Waals surface area (Å²) in [6, 6.07) is 0. The first-order valence-corrected chi connectivity index (χ1v) is 9.44. The SMILES string of the molecule is CC1(O)CCC2CC1(O)C2(C)C.C[C@H](CCCCBr)B([O-])[O-]. The zero-order valence-corrected chi connectivity index (χ0v) is 15.9. The van der Waals surface area contributed by atoms with E-state index in [0.29, 0.717) is 5.92 Å². The maximum absolute atomic E-state index is 10.3. The summed E-state index contributed by atoms with van der Waals surface area (Å²) in [5, 5.41) is 41.7. The van der Waals surface area contributed by atoms with E-state index in [9.17, 15) is 20.3 Å². The van der Waals surface area contributed by atoms with Crippen LogP contribution in [0.4, 0.5) is 0 Å². The van der Waals surface area contributed by atoms with E-state index in [0.717, 1.165) is 43.9 Å². The molecular weight excluding hydrogens is 347 g/mol. The lowest BCUT2D eigenvalue weighted by Crippen LogP contribution is -2.74. The summed E-state index contributed by atoms with van der Waals surface area (Å²) in [6.07, 6.45) is 5.39. The van der Waals surface area contributed by atoms with Gasteiger partial charge in [0.25, 0.3) is 0 Å². The van der Waals surface area contributed by atoms with Gasteiger partial charge < -0.3 is 20.3 Å². The van der Waals surface area contributed by atoms with Gasteiger partial charge in [0.2, 0.25) is 0 Å². The highest BCUT2D eigenvalue weighted by Gasteiger charge is 2.69. The molecule has 3 aliphatic carbocycles. The van der Waals surface area contributed by atoms with Crippen LogP contribution in [0.25, 0.3) is 0 Å². The molecule has 6 heteroatoms. The zero-order chi connectivity index (χ0) is 17.2. The molecule has 2 bridgehead atoms. The van der Waals surface area contributed by atoms with E-state index < -0.39 is 18.3 Å². The minimum absolute atomic E-state index is 0.0885. The van der Waals surface area contributed by atoms with Crippen LogP contribution in [-0.2, 0) is 0 Å². The highest BCUT2D eigenvalue weighted by atomic mass is 79.9. The van der Waals surface area contributed by atoms with E-state index in [1.165, 1.54) is 0 Å². The third kappa shape index (κ3) is 3.89. The standard InChI is InChI=1S/C10H18O2.C6H12BBrO2/c1-8(2)7-4-5-9(3,11)10(8,12)6-7;1-6(7(9)10)4-2-3-5-8/h7,11-12H,4-6H2,1-3H3;6H,2-5H2,1H3/q;-2/t;6-/m.1/s1. The van der Waals surface area contributed by atoms with Crippen LogP contribution in [0.2, 0.25) is 5.82 Å². The molecule has 0 spiro atoms. The van der Waals surface area contributed by atoms with Crippen molar-refractivity contribution in [1.82, 2.24) is 0 Å². The first kappa shape index (κ1) is 20.4. The highest BCUT2D eigenvalue weighted by Crippen LogP contribution is 2.65. The molecule has 130 valence electrons. The van der Waals surface area contributed by atoms with Crippen molar-refractivity contribution in [3.63, 3.8) is 0 Å². The maximum atomic E-state index is 10.3. The van der Waals surface area contributed by atoms with Gasteiger partial charge in [0.1, 0.15) is 0 Å². The molecule has 3 aliphatic rings. The summed E-state index contributed by atoms with van der Waals surface area (Å²) in [4.78, 5) is 0. The molecule has 0 aromatic rings. The Morgan fingerprint density at radius 2 is 1.82 bits per heavy atom. The van der Waals surface area contributed by atoms with Gasteiger partial charge in [-0.15, -0.1) is 12.9 Å². The Labute approximate surface area is 143 Å². The predicted octanol–water partition coefficient (Wildman–Crippen LogP) is 1.46.